The number of nitrogens with one attached hydrogen (secondary N) is 1. The highest BCUT2D eigenvalue weighted by Crippen LogP contribution is 2.27. The first-order chi connectivity index (χ1) is 7.60. The zero-order valence-electron chi connectivity index (χ0n) is 9.40. The fourth-order valence-corrected chi connectivity index (χ4v) is 2.35. The molecular weight excluding hydrogens is 206 g/mol. The largest absolute Gasteiger partial charge is 0.480 e. The lowest BCUT2D eigenvalue weighted by Crippen LogP contribution is -2.54. The first-order valence-electron chi connectivity index (χ1n) is 5.61. The Morgan fingerprint density at radius 3 is 3.19 bits per heavy atom. The Labute approximate surface area is 94.6 Å². The van der Waals surface area contributed by atoms with Crippen LogP contribution in [0.5, 0.6) is 0 Å². The van der Waals surface area contributed by atoms with Crippen molar-refractivity contribution < 1.29 is 14.3 Å². The smallest absolute Gasteiger partial charge is 0.323 e. The molecule has 2 rings (SSSR count). The van der Waals surface area contributed by atoms with Crippen molar-refractivity contribution in [2.24, 2.45) is 5.92 Å². The minimum atomic E-state index is -0.782. The van der Waals surface area contributed by atoms with Crippen LogP contribution in [0, 0.1) is 5.92 Å². The van der Waals surface area contributed by atoms with Crippen LogP contribution in [0.2, 0.25) is 0 Å². The second-order valence-corrected chi connectivity index (χ2v) is 4.71. The molecule has 0 radical (unpaired) electrons. The van der Waals surface area contributed by atoms with Gasteiger partial charge >= 0.3 is 5.97 Å². The van der Waals surface area contributed by atoms with Crippen molar-refractivity contribution >= 4 is 5.97 Å². The van der Waals surface area contributed by atoms with Gasteiger partial charge in [-0.3, -0.25) is 4.79 Å². The molecule has 4 heteroatoms. The van der Waals surface area contributed by atoms with Gasteiger partial charge in [-0.1, -0.05) is 0 Å². The molecule has 1 aliphatic heterocycles. The number of rotatable bonds is 3. The first kappa shape index (κ1) is 11.2. The molecule has 1 aromatic rings. The topological polar surface area (TPSA) is 62.5 Å². The van der Waals surface area contributed by atoms with E-state index in [4.69, 9.17) is 9.52 Å². The van der Waals surface area contributed by atoms with E-state index in [1.54, 1.807) is 13.2 Å². The van der Waals surface area contributed by atoms with E-state index < -0.39 is 11.5 Å². The van der Waals surface area contributed by atoms with Crippen molar-refractivity contribution in [1.29, 1.82) is 0 Å². The van der Waals surface area contributed by atoms with Gasteiger partial charge in [-0.25, -0.2) is 0 Å². The minimum absolute atomic E-state index is 0.383. The fourth-order valence-electron chi connectivity index (χ4n) is 2.35. The van der Waals surface area contributed by atoms with E-state index in [9.17, 15) is 4.79 Å². The molecule has 2 heterocycles. The summed E-state index contributed by atoms with van der Waals surface area (Å²) in [5, 5.41) is 12.2. The van der Waals surface area contributed by atoms with Crippen molar-refractivity contribution in [1.82, 2.24) is 5.32 Å². The summed E-state index contributed by atoms with van der Waals surface area (Å²) in [6.07, 6.45) is 4.15. The Morgan fingerprint density at radius 1 is 1.75 bits per heavy atom. The molecule has 0 aromatic carbocycles. The summed E-state index contributed by atoms with van der Waals surface area (Å²) in [6, 6.07) is 3.81. The summed E-state index contributed by atoms with van der Waals surface area (Å²) < 4.78 is 5.30. The van der Waals surface area contributed by atoms with Gasteiger partial charge in [0, 0.05) is 6.42 Å². The lowest BCUT2D eigenvalue weighted by molar-refractivity contribution is -0.145. The predicted octanol–water partition coefficient (Wildman–Crippen LogP) is 1.67. The quantitative estimate of drug-likeness (QED) is 0.818. The number of carboxylic acids is 1. The van der Waals surface area contributed by atoms with E-state index in [1.165, 1.54) is 0 Å². The Bertz CT molecular complexity index is 360. The van der Waals surface area contributed by atoms with Crippen LogP contribution in [0.4, 0.5) is 0 Å². The van der Waals surface area contributed by atoms with Gasteiger partial charge in [0.15, 0.2) is 0 Å². The highest BCUT2D eigenvalue weighted by molar-refractivity contribution is 5.78. The van der Waals surface area contributed by atoms with Crippen molar-refractivity contribution in [3.8, 4) is 0 Å². The average molecular weight is 223 g/mol. The third-order valence-corrected chi connectivity index (χ3v) is 3.31. The van der Waals surface area contributed by atoms with E-state index in [1.807, 2.05) is 12.1 Å². The minimum Gasteiger partial charge on any atom is -0.480 e. The van der Waals surface area contributed by atoms with E-state index in [-0.39, 0.29) is 0 Å². The van der Waals surface area contributed by atoms with E-state index >= 15 is 0 Å². The van der Waals surface area contributed by atoms with Gasteiger partial charge in [0.2, 0.25) is 0 Å². The monoisotopic (exact) mass is 223 g/mol. The van der Waals surface area contributed by atoms with Crippen molar-refractivity contribution in [3.63, 3.8) is 0 Å². The van der Waals surface area contributed by atoms with Gasteiger partial charge in [-0.2, -0.15) is 0 Å². The van der Waals surface area contributed by atoms with Crippen LogP contribution in [0.1, 0.15) is 25.5 Å². The fraction of sp³-hybridized carbons (Fsp3) is 0.583. The molecule has 0 amide bonds. The zero-order chi connectivity index (χ0) is 11.6. The molecule has 1 aliphatic rings. The van der Waals surface area contributed by atoms with Crippen LogP contribution >= 0.6 is 0 Å². The van der Waals surface area contributed by atoms with Crippen LogP contribution in [0.3, 0.4) is 0 Å². The number of carboxylic acid groups (broad SMARTS) is 1. The maximum atomic E-state index is 11.1. The third-order valence-electron chi connectivity index (χ3n) is 3.31. The summed E-state index contributed by atoms with van der Waals surface area (Å²) in [5.41, 5.74) is -0.782. The normalized spacial score (nSPS) is 30.2. The summed E-state index contributed by atoms with van der Waals surface area (Å²) in [4.78, 5) is 11.1. The second kappa shape index (κ2) is 4.29. The lowest BCUT2D eigenvalue weighted by Gasteiger charge is -2.35. The number of piperidine rings is 1. The zero-order valence-corrected chi connectivity index (χ0v) is 9.40. The average Bonchev–Trinajstić information content (AvgIpc) is 2.70. The number of hydrogen-bond donors (Lipinski definition) is 2. The Kier molecular flexibility index (Phi) is 3.01. The Balaban J connectivity index is 1.99. The van der Waals surface area contributed by atoms with Crippen molar-refractivity contribution in [2.45, 2.75) is 31.7 Å². The SMILES string of the molecule is CC1(C(=O)O)CC(Cc2ccco2)CCN1. The van der Waals surface area contributed by atoms with Crippen LogP contribution in [0.15, 0.2) is 22.8 Å². The molecule has 0 saturated carbocycles. The lowest BCUT2D eigenvalue weighted by atomic mass is 9.81. The van der Waals surface area contributed by atoms with Gasteiger partial charge in [-0.05, 0) is 44.4 Å². The van der Waals surface area contributed by atoms with E-state index in [0.717, 1.165) is 25.1 Å². The third kappa shape index (κ3) is 2.27. The van der Waals surface area contributed by atoms with Crippen LogP contribution in [-0.4, -0.2) is 23.2 Å². The Hall–Kier alpha value is -1.29. The summed E-state index contributed by atoms with van der Waals surface area (Å²) in [7, 11) is 0. The number of furan rings is 1. The molecule has 1 fully saturated rings. The van der Waals surface area contributed by atoms with Crippen molar-refractivity contribution in [2.75, 3.05) is 6.54 Å². The highest BCUT2D eigenvalue weighted by atomic mass is 16.4. The summed E-state index contributed by atoms with van der Waals surface area (Å²) in [6.45, 7) is 2.51. The number of aliphatic carboxylic acids is 1. The van der Waals surface area contributed by atoms with E-state index in [2.05, 4.69) is 5.32 Å². The predicted molar refractivity (Wildman–Crippen MR) is 59.2 cm³/mol. The van der Waals surface area contributed by atoms with Crippen LogP contribution in [-0.2, 0) is 11.2 Å². The standard InChI is InChI=1S/C12H17NO3/c1-12(11(14)15)8-9(4-5-13-12)7-10-3-2-6-16-10/h2-3,6,9,13H,4-5,7-8H2,1H3,(H,14,15). The Morgan fingerprint density at radius 2 is 2.56 bits per heavy atom. The summed E-state index contributed by atoms with van der Waals surface area (Å²) in [5.74, 6) is 0.560. The first-order valence-corrected chi connectivity index (χ1v) is 5.61. The van der Waals surface area contributed by atoms with Crippen LogP contribution < -0.4 is 5.32 Å². The maximum Gasteiger partial charge on any atom is 0.323 e. The molecule has 0 bridgehead atoms. The molecule has 2 unspecified atom stereocenters. The molecule has 0 aliphatic carbocycles. The highest BCUT2D eigenvalue weighted by Gasteiger charge is 2.38. The molecule has 4 nitrogen and oxygen atoms in total. The van der Waals surface area contributed by atoms with Crippen molar-refractivity contribution in [3.05, 3.63) is 24.2 Å². The van der Waals surface area contributed by atoms with Gasteiger partial charge < -0.3 is 14.8 Å². The molecule has 88 valence electrons. The number of carbonyl (C=O) groups is 1. The van der Waals surface area contributed by atoms with Crippen LogP contribution in [0.25, 0.3) is 0 Å². The maximum absolute atomic E-state index is 11.1. The molecule has 2 atom stereocenters. The van der Waals surface area contributed by atoms with Gasteiger partial charge in [-0.15, -0.1) is 0 Å². The molecule has 1 saturated heterocycles. The molecule has 1 aromatic heterocycles. The van der Waals surface area contributed by atoms with Gasteiger partial charge in [0.25, 0.3) is 0 Å². The number of hydrogen-bond acceptors (Lipinski definition) is 3. The molecular formula is C12H17NO3. The van der Waals surface area contributed by atoms with Gasteiger partial charge in [0.1, 0.15) is 11.3 Å². The molecule has 0 spiro atoms. The van der Waals surface area contributed by atoms with E-state index in [0.29, 0.717) is 12.3 Å². The van der Waals surface area contributed by atoms with Gasteiger partial charge in [0.05, 0.1) is 6.26 Å². The second-order valence-electron chi connectivity index (χ2n) is 4.71. The summed E-state index contributed by atoms with van der Waals surface area (Å²) >= 11 is 0. The molecule has 16 heavy (non-hydrogen) atoms. The molecule has 2 N–H and O–H groups in total.